The number of hydrogen-bond donors (Lipinski definition) is 1. The van der Waals surface area contributed by atoms with E-state index in [2.05, 4.69) is 55.4 Å². The molecule has 1 N–H and O–H groups in total. The summed E-state index contributed by atoms with van der Waals surface area (Å²) in [6, 6.07) is 14.0. The highest BCUT2D eigenvalue weighted by molar-refractivity contribution is 7.22. The van der Waals surface area contributed by atoms with Crippen LogP contribution in [-0.2, 0) is 11.3 Å². The molecule has 0 aliphatic carbocycles. The fourth-order valence-electron chi connectivity index (χ4n) is 5.20. The molecule has 2 aromatic carbocycles. The Balaban J connectivity index is 1.37. The summed E-state index contributed by atoms with van der Waals surface area (Å²) in [6.45, 7) is 8.12. The van der Waals surface area contributed by atoms with Gasteiger partial charge in [0, 0.05) is 44.2 Å². The standard InChI is InChI=1S/C27H30N8O2S/c1-17-8-9-18(2)23-19(17)16-20(26(36)29-23)24(25-30-31-32-35(25)14-15-37-3)33-10-12-34(13-11-33)27-28-21-6-4-5-7-22(21)38-27/h4-9,16,24H,10-15H2,1-3H3,(H,29,36). The van der Waals surface area contributed by atoms with E-state index < -0.39 is 6.04 Å². The zero-order chi connectivity index (χ0) is 26.2. The molecule has 10 nitrogen and oxygen atoms in total. The van der Waals surface area contributed by atoms with Gasteiger partial charge in [-0.1, -0.05) is 35.6 Å². The molecule has 1 saturated heterocycles. The molecule has 38 heavy (non-hydrogen) atoms. The zero-order valence-electron chi connectivity index (χ0n) is 21.7. The molecular formula is C27H30N8O2S. The van der Waals surface area contributed by atoms with Crippen LogP contribution in [0.15, 0.2) is 47.3 Å². The Morgan fingerprint density at radius 1 is 1.08 bits per heavy atom. The Hall–Kier alpha value is -3.67. The second kappa shape index (κ2) is 10.2. The third-order valence-electron chi connectivity index (χ3n) is 7.31. The minimum absolute atomic E-state index is 0.119. The quantitative estimate of drug-likeness (QED) is 0.342. The number of piperazine rings is 1. The third-order valence-corrected chi connectivity index (χ3v) is 8.41. The lowest BCUT2D eigenvalue weighted by Crippen LogP contribution is -2.49. The van der Waals surface area contributed by atoms with E-state index >= 15 is 0 Å². The van der Waals surface area contributed by atoms with Crippen molar-refractivity contribution < 1.29 is 4.74 Å². The molecule has 0 bridgehead atoms. The summed E-state index contributed by atoms with van der Waals surface area (Å²) in [6.07, 6.45) is 0. The van der Waals surface area contributed by atoms with Gasteiger partial charge >= 0.3 is 0 Å². The summed E-state index contributed by atoms with van der Waals surface area (Å²) in [5.41, 5.74) is 4.58. The summed E-state index contributed by atoms with van der Waals surface area (Å²) >= 11 is 1.72. The van der Waals surface area contributed by atoms with Gasteiger partial charge in [-0.15, -0.1) is 5.10 Å². The maximum Gasteiger partial charge on any atom is 0.253 e. The molecule has 1 fully saturated rings. The first-order chi connectivity index (χ1) is 18.5. The summed E-state index contributed by atoms with van der Waals surface area (Å²) in [5, 5.41) is 14.7. The molecule has 0 radical (unpaired) electrons. The van der Waals surface area contributed by atoms with Crippen molar-refractivity contribution in [2.75, 3.05) is 44.8 Å². The fraction of sp³-hybridized carbons (Fsp3) is 0.370. The number of hydrogen-bond acceptors (Lipinski definition) is 9. The lowest BCUT2D eigenvalue weighted by atomic mass is 9.99. The molecule has 4 heterocycles. The molecule has 1 atom stereocenters. The molecule has 6 rings (SSSR count). The summed E-state index contributed by atoms with van der Waals surface area (Å²) in [5.74, 6) is 0.644. The van der Waals surface area contributed by atoms with Crippen LogP contribution < -0.4 is 10.5 Å². The lowest BCUT2D eigenvalue weighted by Gasteiger charge is -2.38. The Morgan fingerprint density at radius 3 is 2.66 bits per heavy atom. The second-order valence-electron chi connectivity index (χ2n) is 9.68. The molecule has 0 saturated carbocycles. The van der Waals surface area contributed by atoms with E-state index in [4.69, 9.17) is 9.72 Å². The van der Waals surface area contributed by atoms with Gasteiger partial charge in [-0.3, -0.25) is 9.69 Å². The van der Waals surface area contributed by atoms with Gasteiger partial charge in [0.05, 0.1) is 28.9 Å². The van der Waals surface area contributed by atoms with Crippen molar-refractivity contribution in [1.82, 2.24) is 35.1 Å². The van der Waals surface area contributed by atoms with Gasteiger partial charge in [-0.2, -0.15) is 0 Å². The second-order valence-corrected chi connectivity index (χ2v) is 10.7. The first-order valence-corrected chi connectivity index (χ1v) is 13.6. The van der Waals surface area contributed by atoms with Crippen LogP contribution in [-0.4, -0.2) is 75.0 Å². The summed E-state index contributed by atoms with van der Waals surface area (Å²) < 4.78 is 8.23. The van der Waals surface area contributed by atoms with Gasteiger partial charge in [0.1, 0.15) is 6.04 Å². The van der Waals surface area contributed by atoms with Crippen LogP contribution in [0.4, 0.5) is 5.13 Å². The van der Waals surface area contributed by atoms with Gasteiger partial charge in [0.2, 0.25) is 0 Å². The first kappa shape index (κ1) is 24.7. The highest BCUT2D eigenvalue weighted by atomic mass is 32.1. The van der Waals surface area contributed by atoms with Crippen molar-refractivity contribution in [2.24, 2.45) is 0 Å². The van der Waals surface area contributed by atoms with Gasteiger partial charge in [-0.05, 0) is 53.6 Å². The average Bonchev–Trinajstić information content (AvgIpc) is 3.58. The largest absolute Gasteiger partial charge is 0.383 e. The van der Waals surface area contributed by atoms with E-state index in [-0.39, 0.29) is 5.56 Å². The lowest BCUT2D eigenvalue weighted by molar-refractivity contribution is 0.171. The number of nitrogens with one attached hydrogen (secondary N) is 1. The third kappa shape index (κ3) is 4.46. The van der Waals surface area contributed by atoms with Crippen LogP contribution in [0.25, 0.3) is 21.1 Å². The van der Waals surface area contributed by atoms with Crippen LogP contribution in [0, 0.1) is 13.8 Å². The minimum Gasteiger partial charge on any atom is -0.383 e. The number of anilines is 1. The van der Waals surface area contributed by atoms with Gasteiger partial charge in [-0.25, -0.2) is 9.67 Å². The predicted molar refractivity (Wildman–Crippen MR) is 149 cm³/mol. The van der Waals surface area contributed by atoms with Crippen molar-refractivity contribution in [2.45, 2.75) is 26.4 Å². The molecule has 1 aliphatic heterocycles. The van der Waals surface area contributed by atoms with Crippen molar-refractivity contribution >= 4 is 37.6 Å². The molecule has 11 heteroatoms. The number of benzene rings is 2. The number of ether oxygens (including phenoxy) is 1. The molecule has 3 aromatic heterocycles. The molecule has 0 amide bonds. The number of fused-ring (bicyclic) bond motifs is 2. The topological polar surface area (TPSA) is 105 Å². The molecule has 1 aliphatic rings. The maximum absolute atomic E-state index is 13.6. The number of aromatic amines is 1. The number of tetrazole rings is 1. The maximum atomic E-state index is 13.6. The number of H-pyrrole nitrogens is 1. The van der Waals surface area contributed by atoms with Crippen LogP contribution in [0.2, 0.25) is 0 Å². The zero-order valence-corrected chi connectivity index (χ0v) is 22.5. The van der Waals surface area contributed by atoms with E-state index in [1.807, 2.05) is 31.2 Å². The Bertz CT molecular complexity index is 1620. The van der Waals surface area contributed by atoms with Crippen LogP contribution in [0.1, 0.15) is 28.6 Å². The van der Waals surface area contributed by atoms with Crippen molar-refractivity contribution in [3.63, 3.8) is 0 Å². The first-order valence-electron chi connectivity index (χ1n) is 12.8. The molecule has 1 unspecified atom stereocenters. The van der Waals surface area contributed by atoms with Gasteiger partial charge in [0.25, 0.3) is 5.56 Å². The fourth-order valence-corrected chi connectivity index (χ4v) is 6.22. The Morgan fingerprint density at radius 2 is 1.87 bits per heavy atom. The highest BCUT2D eigenvalue weighted by Crippen LogP contribution is 2.32. The molecule has 5 aromatic rings. The van der Waals surface area contributed by atoms with E-state index in [1.165, 1.54) is 4.70 Å². The van der Waals surface area contributed by atoms with Crippen LogP contribution in [0.3, 0.4) is 0 Å². The van der Waals surface area contributed by atoms with Crippen molar-refractivity contribution in [3.05, 3.63) is 75.3 Å². The Labute approximate surface area is 223 Å². The Kier molecular flexibility index (Phi) is 6.64. The number of pyridine rings is 1. The van der Waals surface area contributed by atoms with Crippen molar-refractivity contribution in [1.29, 1.82) is 0 Å². The minimum atomic E-state index is -0.396. The predicted octanol–water partition coefficient (Wildman–Crippen LogP) is 3.30. The van der Waals surface area contributed by atoms with E-state index in [0.29, 0.717) is 24.5 Å². The molecule has 0 spiro atoms. The molecular weight excluding hydrogens is 500 g/mol. The smallest absolute Gasteiger partial charge is 0.253 e. The number of rotatable bonds is 7. The number of aryl methyl sites for hydroxylation is 2. The SMILES string of the molecule is COCCn1nnnc1C(c1cc2c(C)ccc(C)c2[nH]c1=O)N1CCN(c2nc3ccccc3s2)CC1. The molecule has 196 valence electrons. The summed E-state index contributed by atoms with van der Waals surface area (Å²) in [7, 11) is 1.65. The monoisotopic (exact) mass is 530 g/mol. The summed E-state index contributed by atoms with van der Waals surface area (Å²) in [4.78, 5) is 26.2. The van der Waals surface area contributed by atoms with Gasteiger partial charge in [0.15, 0.2) is 11.0 Å². The van der Waals surface area contributed by atoms with Crippen molar-refractivity contribution in [3.8, 4) is 0 Å². The van der Waals surface area contributed by atoms with E-state index in [9.17, 15) is 4.79 Å². The highest BCUT2D eigenvalue weighted by Gasteiger charge is 2.33. The van der Waals surface area contributed by atoms with Crippen LogP contribution in [0.5, 0.6) is 0 Å². The van der Waals surface area contributed by atoms with Gasteiger partial charge < -0.3 is 14.6 Å². The van der Waals surface area contributed by atoms with E-state index in [1.54, 1.807) is 23.1 Å². The van der Waals surface area contributed by atoms with E-state index in [0.717, 1.165) is 58.9 Å². The average molecular weight is 531 g/mol. The normalized spacial score (nSPS) is 15.5. The number of methoxy groups -OCH3 is 1. The number of nitrogens with zero attached hydrogens (tertiary/aromatic N) is 7. The number of aromatic nitrogens is 6. The number of thiazole rings is 1. The van der Waals surface area contributed by atoms with Crippen LogP contribution >= 0.6 is 11.3 Å². The number of para-hydroxylation sites is 1.